The van der Waals surface area contributed by atoms with Gasteiger partial charge in [0, 0.05) is 24.5 Å². The second-order valence-corrected chi connectivity index (χ2v) is 3.80. The van der Waals surface area contributed by atoms with E-state index in [1.807, 2.05) is 0 Å². The molecule has 0 unspecified atom stereocenters. The maximum Gasteiger partial charge on any atom is 0.433 e. The molecule has 0 radical (unpaired) electrons. The lowest BCUT2D eigenvalue weighted by Gasteiger charge is -2.06. The van der Waals surface area contributed by atoms with E-state index in [4.69, 9.17) is 5.73 Å². The minimum atomic E-state index is -4.41. The molecule has 2 heterocycles. The first-order valence-electron chi connectivity index (χ1n) is 5.22. The van der Waals surface area contributed by atoms with Gasteiger partial charge in [0.25, 0.3) is 0 Å². The first kappa shape index (κ1) is 15.5. The second kappa shape index (κ2) is 6.03. The van der Waals surface area contributed by atoms with Crippen LogP contribution in [0.25, 0.3) is 0 Å². The van der Waals surface area contributed by atoms with Crippen LogP contribution < -0.4 is 5.73 Å². The predicted molar refractivity (Wildman–Crippen MR) is 65.7 cm³/mol. The van der Waals surface area contributed by atoms with Crippen molar-refractivity contribution in [2.24, 2.45) is 5.73 Å². The number of aromatic nitrogens is 3. The quantitative estimate of drug-likeness (QED) is 0.944. The molecule has 4 nitrogen and oxygen atoms in total. The highest BCUT2D eigenvalue weighted by atomic mass is 35.5. The highest BCUT2D eigenvalue weighted by Crippen LogP contribution is 2.27. The van der Waals surface area contributed by atoms with E-state index in [0.717, 1.165) is 11.6 Å². The smallest absolute Gasteiger partial charge is 0.326 e. The number of hydrogen-bond donors (Lipinski definition) is 1. The molecule has 0 aliphatic heterocycles. The van der Waals surface area contributed by atoms with Gasteiger partial charge in [-0.25, -0.2) is 0 Å². The molecule has 0 saturated carbocycles. The summed E-state index contributed by atoms with van der Waals surface area (Å²) < 4.78 is 38.5. The maximum atomic E-state index is 12.3. The molecule has 0 aliphatic rings. The summed E-state index contributed by atoms with van der Waals surface area (Å²) in [6.45, 7) is 0.746. The van der Waals surface area contributed by atoms with Crippen LogP contribution in [0.1, 0.15) is 16.8 Å². The van der Waals surface area contributed by atoms with Gasteiger partial charge in [-0.2, -0.15) is 18.3 Å². The van der Waals surface area contributed by atoms with Gasteiger partial charge in [0.2, 0.25) is 0 Å². The zero-order chi connectivity index (χ0) is 13.2. The normalized spacial score (nSPS) is 11.2. The zero-order valence-electron chi connectivity index (χ0n) is 9.76. The van der Waals surface area contributed by atoms with E-state index in [1.165, 1.54) is 12.3 Å². The molecule has 0 amide bonds. The van der Waals surface area contributed by atoms with Crippen molar-refractivity contribution in [3.8, 4) is 0 Å². The number of nitrogens with zero attached hydrogens (tertiary/aromatic N) is 3. The van der Waals surface area contributed by atoms with Crippen molar-refractivity contribution >= 4 is 12.4 Å². The Morgan fingerprint density at radius 2 is 1.89 bits per heavy atom. The molecular weight excluding hydrogens is 281 g/mol. The van der Waals surface area contributed by atoms with Crippen LogP contribution >= 0.6 is 12.4 Å². The third-order valence-corrected chi connectivity index (χ3v) is 2.38. The summed E-state index contributed by atoms with van der Waals surface area (Å²) in [6, 6.07) is 2.35. The molecule has 0 aliphatic carbocycles. The molecule has 0 atom stereocenters. The fourth-order valence-electron chi connectivity index (χ4n) is 1.47. The summed E-state index contributed by atoms with van der Waals surface area (Å²) >= 11 is 0. The summed E-state index contributed by atoms with van der Waals surface area (Å²) in [5, 5.41) is 4.04. The number of rotatable bonds is 3. The van der Waals surface area contributed by atoms with Crippen LogP contribution in [-0.2, 0) is 19.3 Å². The summed E-state index contributed by atoms with van der Waals surface area (Å²) in [5.74, 6) is 0. The zero-order valence-corrected chi connectivity index (χ0v) is 10.6. The lowest BCUT2D eigenvalue weighted by molar-refractivity contribution is -0.141. The predicted octanol–water partition coefficient (Wildman–Crippen LogP) is 2.23. The molecule has 104 valence electrons. The molecule has 2 aromatic rings. The van der Waals surface area contributed by atoms with Crippen LogP contribution in [0, 0.1) is 0 Å². The Kier molecular flexibility index (Phi) is 4.90. The molecular formula is C11H12ClF3N4. The van der Waals surface area contributed by atoms with Gasteiger partial charge in [0.05, 0.1) is 12.7 Å². The van der Waals surface area contributed by atoms with E-state index in [1.54, 1.807) is 17.1 Å². The van der Waals surface area contributed by atoms with Crippen LogP contribution in [0.4, 0.5) is 13.2 Å². The number of nitrogens with two attached hydrogens (primary N) is 1. The summed E-state index contributed by atoms with van der Waals surface area (Å²) in [6.07, 6.45) is 0.165. The second-order valence-electron chi connectivity index (χ2n) is 3.80. The van der Waals surface area contributed by atoms with Gasteiger partial charge in [-0.05, 0) is 11.6 Å². The van der Waals surface area contributed by atoms with Crippen molar-refractivity contribution in [3.05, 3.63) is 47.5 Å². The number of halogens is 4. The van der Waals surface area contributed by atoms with Gasteiger partial charge in [0.15, 0.2) is 0 Å². The van der Waals surface area contributed by atoms with Crippen LogP contribution in [-0.4, -0.2) is 14.8 Å². The first-order valence-corrected chi connectivity index (χ1v) is 5.22. The third-order valence-electron chi connectivity index (χ3n) is 2.38. The third kappa shape index (κ3) is 3.93. The van der Waals surface area contributed by atoms with E-state index in [2.05, 4.69) is 10.1 Å². The minimum Gasteiger partial charge on any atom is -0.326 e. The molecule has 0 aromatic carbocycles. The Bertz CT molecular complexity index is 521. The van der Waals surface area contributed by atoms with Crippen molar-refractivity contribution in [3.63, 3.8) is 0 Å². The molecule has 19 heavy (non-hydrogen) atoms. The minimum absolute atomic E-state index is 0. The molecule has 0 bridgehead atoms. The molecule has 0 fully saturated rings. The van der Waals surface area contributed by atoms with Crippen molar-refractivity contribution in [2.45, 2.75) is 19.3 Å². The Morgan fingerprint density at radius 3 is 2.37 bits per heavy atom. The summed E-state index contributed by atoms with van der Waals surface area (Å²) in [7, 11) is 0. The Hall–Kier alpha value is -1.60. The summed E-state index contributed by atoms with van der Waals surface area (Å²) in [5.41, 5.74) is 6.06. The van der Waals surface area contributed by atoms with Crippen molar-refractivity contribution in [1.82, 2.24) is 14.8 Å². The van der Waals surface area contributed by atoms with Gasteiger partial charge in [-0.1, -0.05) is 6.07 Å². The average Bonchev–Trinajstić information content (AvgIpc) is 2.76. The van der Waals surface area contributed by atoms with E-state index >= 15 is 0 Å². The van der Waals surface area contributed by atoms with E-state index < -0.39 is 11.9 Å². The first-order chi connectivity index (χ1) is 8.49. The highest BCUT2D eigenvalue weighted by molar-refractivity contribution is 5.85. The van der Waals surface area contributed by atoms with E-state index in [0.29, 0.717) is 18.7 Å². The number of pyridine rings is 1. The van der Waals surface area contributed by atoms with E-state index in [9.17, 15) is 13.2 Å². The molecule has 2 aromatic heterocycles. The van der Waals surface area contributed by atoms with Gasteiger partial charge in [0.1, 0.15) is 5.69 Å². The lowest BCUT2D eigenvalue weighted by atomic mass is 10.2. The molecule has 2 N–H and O–H groups in total. The van der Waals surface area contributed by atoms with E-state index in [-0.39, 0.29) is 12.4 Å². The maximum absolute atomic E-state index is 12.3. The van der Waals surface area contributed by atoms with Crippen molar-refractivity contribution in [2.75, 3.05) is 0 Å². The standard InChI is InChI=1S/C11H11F3N4.ClH/c12-11(13,14)10-2-1-8(4-16-10)6-18-7-9(3-15)5-17-18;/h1-2,4-5,7H,3,6,15H2;1H. The monoisotopic (exact) mass is 292 g/mol. The topological polar surface area (TPSA) is 56.7 Å². The van der Waals surface area contributed by atoms with Crippen molar-refractivity contribution in [1.29, 1.82) is 0 Å². The Balaban J connectivity index is 0.00000180. The number of alkyl halides is 3. The largest absolute Gasteiger partial charge is 0.433 e. The average molecular weight is 293 g/mol. The van der Waals surface area contributed by atoms with Gasteiger partial charge < -0.3 is 5.73 Å². The van der Waals surface area contributed by atoms with Gasteiger partial charge in [-0.3, -0.25) is 9.67 Å². The van der Waals surface area contributed by atoms with Gasteiger partial charge >= 0.3 is 6.18 Å². The van der Waals surface area contributed by atoms with Crippen molar-refractivity contribution < 1.29 is 13.2 Å². The van der Waals surface area contributed by atoms with Crippen LogP contribution in [0.2, 0.25) is 0 Å². The summed E-state index contributed by atoms with van der Waals surface area (Å²) in [4.78, 5) is 3.38. The fourth-order valence-corrected chi connectivity index (χ4v) is 1.47. The Morgan fingerprint density at radius 1 is 1.16 bits per heavy atom. The molecule has 0 spiro atoms. The van der Waals surface area contributed by atoms with Crippen LogP contribution in [0.5, 0.6) is 0 Å². The molecule has 8 heteroatoms. The highest BCUT2D eigenvalue weighted by Gasteiger charge is 2.31. The molecule has 2 rings (SSSR count). The van der Waals surface area contributed by atoms with Gasteiger partial charge in [-0.15, -0.1) is 12.4 Å². The fraction of sp³-hybridized carbons (Fsp3) is 0.273. The van der Waals surface area contributed by atoms with Crippen LogP contribution in [0.15, 0.2) is 30.7 Å². The SMILES string of the molecule is Cl.NCc1cnn(Cc2ccc(C(F)(F)F)nc2)c1. The van der Waals surface area contributed by atoms with Crippen LogP contribution in [0.3, 0.4) is 0 Å². The molecule has 0 saturated heterocycles. The number of hydrogen-bond acceptors (Lipinski definition) is 3. The lowest BCUT2D eigenvalue weighted by Crippen LogP contribution is -2.08. The Labute approximate surface area is 113 Å².